The molecule has 1 aromatic rings. The molecule has 15 heavy (non-hydrogen) atoms. The smallest absolute Gasteiger partial charge is 0.274 e. The molecule has 1 atom stereocenters. The van der Waals surface area contributed by atoms with E-state index in [1.54, 1.807) is 6.08 Å². The number of hydrogen-bond acceptors (Lipinski definition) is 3. The zero-order valence-electron chi connectivity index (χ0n) is 8.24. The van der Waals surface area contributed by atoms with E-state index in [9.17, 15) is 14.5 Å². The van der Waals surface area contributed by atoms with Crippen molar-refractivity contribution in [2.75, 3.05) is 5.32 Å². The molecule has 1 N–H and O–H groups in total. The molecule has 0 aliphatic rings. The molecule has 0 amide bonds. The second-order valence-corrected chi connectivity index (χ2v) is 3.12. The summed E-state index contributed by atoms with van der Waals surface area (Å²) in [5.41, 5.74) is 0.0999. The number of nitrogens with one attached hydrogen (secondary N) is 1. The van der Waals surface area contributed by atoms with Gasteiger partial charge in [-0.2, -0.15) is 0 Å². The van der Waals surface area contributed by atoms with E-state index in [2.05, 4.69) is 11.9 Å². The third kappa shape index (κ3) is 3.05. The minimum Gasteiger partial charge on any atom is -0.379 e. The topological polar surface area (TPSA) is 55.2 Å². The Morgan fingerprint density at radius 2 is 2.27 bits per heavy atom. The number of nitro benzene ring substituents is 1. The molecule has 80 valence electrons. The molecule has 1 aromatic carbocycles. The van der Waals surface area contributed by atoms with E-state index in [0.29, 0.717) is 5.69 Å². The van der Waals surface area contributed by atoms with Gasteiger partial charge in [0.25, 0.3) is 5.69 Å². The summed E-state index contributed by atoms with van der Waals surface area (Å²) in [4.78, 5) is 9.82. The molecule has 0 aliphatic carbocycles. The number of rotatable bonds is 4. The molecule has 0 saturated carbocycles. The minimum atomic E-state index is -0.636. The Balaban J connectivity index is 2.98. The van der Waals surface area contributed by atoms with Crippen molar-refractivity contribution < 1.29 is 9.31 Å². The molecule has 0 fully saturated rings. The van der Waals surface area contributed by atoms with Gasteiger partial charge in [-0.05, 0) is 13.0 Å². The van der Waals surface area contributed by atoms with E-state index in [1.807, 2.05) is 6.92 Å². The zero-order valence-corrected chi connectivity index (χ0v) is 8.24. The number of nitro groups is 1. The number of anilines is 1. The van der Waals surface area contributed by atoms with E-state index in [4.69, 9.17) is 0 Å². The van der Waals surface area contributed by atoms with Crippen LogP contribution in [0.4, 0.5) is 15.8 Å². The summed E-state index contributed by atoms with van der Waals surface area (Å²) in [7, 11) is 0. The standard InChI is InChI=1S/C10H11FN2O2/c1-3-7(2)12-9-4-8(11)5-10(6-9)13(14)15/h3-7,12H,1H2,2H3. The van der Waals surface area contributed by atoms with Crippen LogP contribution in [-0.4, -0.2) is 11.0 Å². The van der Waals surface area contributed by atoms with E-state index in [0.717, 1.165) is 6.07 Å². The second-order valence-electron chi connectivity index (χ2n) is 3.12. The highest BCUT2D eigenvalue weighted by Gasteiger charge is 2.10. The lowest BCUT2D eigenvalue weighted by molar-refractivity contribution is -0.385. The summed E-state index contributed by atoms with van der Waals surface area (Å²) in [6, 6.07) is 3.28. The largest absolute Gasteiger partial charge is 0.379 e. The van der Waals surface area contributed by atoms with Crippen molar-refractivity contribution in [3.8, 4) is 0 Å². The van der Waals surface area contributed by atoms with Crippen molar-refractivity contribution in [2.45, 2.75) is 13.0 Å². The molecule has 0 heterocycles. The highest BCUT2D eigenvalue weighted by molar-refractivity contribution is 5.52. The lowest BCUT2D eigenvalue weighted by Gasteiger charge is -2.10. The number of hydrogen-bond donors (Lipinski definition) is 1. The van der Waals surface area contributed by atoms with Crippen LogP contribution < -0.4 is 5.32 Å². The summed E-state index contributed by atoms with van der Waals surface area (Å²) >= 11 is 0. The molecule has 0 aliphatic heterocycles. The summed E-state index contributed by atoms with van der Waals surface area (Å²) < 4.78 is 13.0. The van der Waals surface area contributed by atoms with Gasteiger partial charge in [-0.3, -0.25) is 10.1 Å². The maximum atomic E-state index is 13.0. The van der Waals surface area contributed by atoms with E-state index < -0.39 is 10.7 Å². The summed E-state index contributed by atoms with van der Waals surface area (Å²) in [5.74, 6) is -0.636. The fourth-order valence-electron chi connectivity index (χ4n) is 1.08. The van der Waals surface area contributed by atoms with E-state index in [-0.39, 0.29) is 11.7 Å². The zero-order chi connectivity index (χ0) is 11.4. The van der Waals surface area contributed by atoms with Crippen molar-refractivity contribution in [3.63, 3.8) is 0 Å². The van der Waals surface area contributed by atoms with Gasteiger partial charge in [0.15, 0.2) is 0 Å². The van der Waals surface area contributed by atoms with Crippen LogP contribution >= 0.6 is 0 Å². The van der Waals surface area contributed by atoms with Gasteiger partial charge >= 0.3 is 0 Å². The Labute approximate surface area is 86.6 Å². The first-order valence-corrected chi connectivity index (χ1v) is 4.37. The summed E-state index contributed by atoms with van der Waals surface area (Å²) in [5, 5.41) is 13.3. The average molecular weight is 210 g/mol. The van der Waals surface area contributed by atoms with Crippen LogP contribution in [0.5, 0.6) is 0 Å². The van der Waals surface area contributed by atoms with Gasteiger partial charge in [-0.15, -0.1) is 6.58 Å². The lowest BCUT2D eigenvalue weighted by Crippen LogP contribution is -2.11. The minimum absolute atomic E-state index is 0.0774. The number of benzene rings is 1. The Kier molecular flexibility index (Phi) is 3.38. The van der Waals surface area contributed by atoms with Crippen LogP contribution in [0.3, 0.4) is 0 Å². The first-order chi connectivity index (χ1) is 7.02. The molecule has 0 aromatic heterocycles. The molecule has 1 unspecified atom stereocenters. The molecule has 1 rings (SSSR count). The van der Waals surface area contributed by atoms with Gasteiger partial charge < -0.3 is 5.32 Å². The van der Waals surface area contributed by atoms with Gasteiger partial charge in [-0.1, -0.05) is 6.08 Å². The molecule has 0 radical (unpaired) electrons. The Bertz CT molecular complexity index is 393. The van der Waals surface area contributed by atoms with Crippen LogP contribution in [0.25, 0.3) is 0 Å². The van der Waals surface area contributed by atoms with Crippen molar-refractivity contribution in [1.82, 2.24) is 0 Å². The number of non-ortho nitro benzene ring substituents is 1. The second kappa shape index (κ2) is 4.54. The molecule has 0 saturated heterocycles. The van der Waals surface area contributed by atoms with Gasteiger partial charge in [0.1, 0.15) is 5.82 Å². The molecule has 0 bridgehead atoms. The van der Waals surface area contributed by atoms with Gasteiger partial charge in [-0.25, -0.2) is 4.39 Å². The third-order valence-corrected chi connectivity index (χ3v) is 1.84. The van der Waals surface area contributed by atoms with Crippen LogP contribution in [-0.2, 0) is 0 Å². The quantitative estimate of drug-likeness (QED) is 0.472. The van der Waals surface area contributed by atoms with Crippen LogP contribution in [0.15, 0.2) is 30.9 Å². The Morgan fingerprint density at radius 1 is 1.60 bits per heavy atom. The SMILES string of the molecule is C=CC(C)Nc1cc(F)cc([N+](=O)[O-])c1. The Hall–Kier alpha value is -1.91. The fraction of sp³-hybridized carbons (Fsp3) is 0.200. The van der Waals surface area contributed by atoms with Gasteiger partial charge in [0.2, 0.25) is 0 Å². The maximum Gasteiger partial charge on any atom is 0.274 e. The highest BCUT2D eigenvalue weighted by Crippen LogP contribution is 2.20. The van der Waals surface area contributed by atoms with Crippen LogP contribution in [0.1, 0.15) is 6.92 Å². The molecule has 5 heteroatoms. The van der Waals surface area contributed by atoms with Crippen molar-refractivity contribution in [2.24, 2.45) is 0 Å². The lowest BCUT2D eigenvalue weighted by atomic mass is 10.2. The number of halogens is 1. The van der Waals surface area contributed by atoms with Crippen LogP contribution in [0, 0.1) is 15.9 Å². The molecule has 4 nitrogen and oxygen atoms in total. The van der Waals surface area contributed by atoms with Crippen LogP contribution in [0.2, 0.25) is 0 Å². The fourth-order valence-corrected chi connectivity index (χ4v) is 1.08. The predicted octanol–water partition coefficient (Wildman–Crippen LogP) is 2.72. The molecular formula is C10H11FN2O2. The van der Waals surface area contributed by atoms with Crippen molar-refractivity contribution in [1.29, 1.82) is 0 Å². The summed E-state index contributed by atoms with van der Waals surface area (Å²) in [6.45, 7) is 5.36. The number of nitrogens with zero attached hydrogens (tertiary/aromatic N) is 1. The first-order valence-electron chi connectivity index (χ1n) is 4.37. The normalized spacial score (nSPS) is 11.9. The average Bonchev–Trinajstić information content (AvgIpc) is 2.16. The Morgan fingerprint density at radius 3 is 2.80 bits per heavy atom. The first kappa shape index (κ1) is 11.2. The van der Waals surface area contributed by atoms with E-state index in [1.165, 1.54) is 12.1 Å². The monoisotopic (exact) mass is 210 g/mol. The van der Waals surface area contributed by atoms with Gasteiger partial charge in [0.05, 0.1) is 11.0 Å². The summed E-state index contributed by atoms with van der Waals surface area (Å²) in [6.07, 6.45) is 1.62. The van der Waals surface area contributed by atoms with Crippen molar-refractivity contribution >= 4 is 11.4 Å². The third-order valence-electron chi connectivity index (χ3n) is 1.84. The van der Waals surface area contributed by atoms with Gasteiger partial charge in [0, 0.05) is 17.8 Å². The van der Waals surface area contributed by atoms with E-state index >= 15 is 0 Å². The highest BCUT2D eigenvalue weighted by atomic mass is 19.1. The molecule has 0 spiro atoms. The predicted molar refractivity (Wildman–Crippen MR) is 56.3 cm³/mol. The van der Waals surface area contributed by atoms with Crippen molar-refractivity contribution in [3.05, 3.63) is 46.8 Å². The molecular weight excluding hydrogens is 199 g/mol. The maximum absolute atomic E-state index is 13.0.